The molecule has 0 unspecified atom stereocenters. The highest BCUT2D eigenvalue weighted by Crippen LogP contribution is 2.44. The highest BCUT2D eigenvalue weighted by Gasteiger charge is 2.29. The summed E-state index contributed by atoms with van der Waals surface area (Å²) < 4.78 is 21.2. The second-order valence-corrected chi connectivity index (χ2v) is 23.1. The molecule has 7 heteroatoms. The third-order valence-electron chi connectivity index (χ3n) is 12.9. The normalized spacial score (nSPS) is 13.4. The number of nitrogens with zero attached hydrogens (tertiary/aromatic N) is 3. The average molecular weight is 902 g/mol. The number of hydrogen-bond acceptors (Lipinski definition) is 7. The molecule has 2 heterocycles. The van der Waals surface area contributed by atoms with E-state index in [0.29, 0.717) is 51.3 Å². The van der Waals surface area contributed by atoms with Crippen molar-refractivity contribution in [2.75, 3.05) is 27.2 Å². The monoisotopic (exact) mass is 902 g/mol. The van der Waals surface area contributed by atoms with Gasteiger partial charge in [-0.25, -0.2) is 0 Å². The molecule has 354 valence electrons. The number of likely N-dealkylation sites (N-methyl/N-ethyl adjacent to an activating group) is 1. The zero-order valence-corrected chi connectivity index (χ0v) is 42.9. The van der Waals surface area contributed by atoms with Crippen LogP contribution in [0.15, 0.2) is 97.3 Å². The quantitative estimate of drug-likeness (QED) is 0.146. The number of aromatic hydroxyl groups is 1. The maximum Gasteiger partial charge on any atom is 0.130 e. The standard InChI is InChI=1S/C60H75N3O4/c1-57(2,3)47-29-39-25-41-31-48(58(4,5)6)33-43(54(41)65-24-23-63(13)14)27-44-34-50(60(10,11)12)36-46(56(44)67-38-52-20-16-18-22-62-52)28-45-35-49(59(7,8)9)32-42(26-40(30-47)53(39)64)55(45)66-37-51-19-15-17-21-61-51/h15-22,29-36,64H,23-28,37-38H2,1-14H3. The molecule has 1 aliphatic carbocycles. The summed E-state index contributed by atoms with van der Waals surface area (Å²) in [6, 6.07) is 30.3. The molecule has 0 radical (unpaired) electrons. The Kier molecular flexibility index (Phi) is 14.3. The molecule has 2 aromatic heterocycles. The molecule has 0 aliphatic heterocycles. The van der Waals surface area contributed by atoms with Crippen LogP contribution in [-0.4, -0.2) is 47.2 Å². The van der Waals surface area contributed by atoms with Gasteiger partial charge in [-0.3, -0.25) is 9.97 Å². The molecule has 8 bridgehead atoms. The molecule has 7 nitrogen and oxygen atoms in total. The topological polar surface area (TPSA) is 76.9 Å². The zero-order valence-electron chi connectivity index (χ0n) is 42.9. The van der Waals surface area contributed by atoms with E-state index in [1.165, 1.54) is 22.3 Å². The summed E-state index contributed by atoms with van der Waals surface area (Å²) in [6.45, 7) is 29.1. The predicted molar refractivity (Wildman–Crippen MR) is 275 cm³/mol. The summed E-state index contributed by atoms with van der Waals surface area (Å²) >= 11 is 0. The summed E-state index contributed by atoms with van der Waals surface area (Å²) in [4.78, 5) is 11.5. The van der Waals surface area contributed by atoms with Gasteiger partial charge in [-0.2, -0.15) is 0 Å². The van der Waals surface area contributed by atoms with Gasteiger partial charge in [0.05, 0.1) is 11.4 Å². The van der Waals surface area contributed by atoms with Crippen molar-refractivity contribution in [3.05, 3.63) is 175 Å². The Bertz CT molecular complexity index is 2680. The van der Waals surface area contributed by atoms with Crippen LogP contribution < -0.4 is 14.2 Å². The Labute approximate surface area is 402 Å². The summed E-state index contributed by atoms with van der Waals surface area (Å²) in [7, 11) is 4.16. The number of phenols is 1. The van der Waals surface area contributed by atoms with Gasteiger partial charge >= 0.3 is 0 Å². The van der Waals surface area contributed by atoms with Crippen molar-refractivity contribution in [1.82, 2.24) is 14.9 Å². The largest absolute Gasteiger partial charge is 0.507 e. The second kappa shape index (κ2) is 19.5. The number of fused-ring (bicyclic) bond motifs is 8. The molecule has 0 spiro atoms. The zero-order chi connectivity index (χ0) is 48.5. The van der Waals surface area contributed by atoms with Gasteiger partial charge in [0.1, 0.15) is 42.8 Å². The molecule has 4 aromatic carbocycles. The van der Waals surface area contributed by atoms with Crippen LogP contribution in [0, 0.1) is 0 Å². The van der Waals surface area contributed by atoms with Gasteiger partial charge in [0, 0.05) is 44.6 Å². The maximum absolute atomic E-state index is 12.7. The van der Waals surface area contributed by atoms with Gasteiger partial charge < -0.3 is 24.2 Å². The molecule has 1 aliphatic rings. The van der Waals surface area contributed by atoms with E-state index in [1.807, 2.05) is 48.8 Å². The molecule has 1 N–H and O–H groups in total. The summed E-state index contributed by atoms with van der Waals surface area (Å²) in [5.41, 5.74) is 13.9. The Hall–Kier alpha value is -5.66. The molecule has 0 atom stereocenters. The minimum atomic E-state index is -0.183. The summed E-state index contributed by atoms with van der Waals surface area (Å²) in [5.74, 6) is 2.84. The van der Waals surface area contributed by atoms with Crippen LogP contribution in [0.2, 0.25) is 0 Å². The number of phenolic OH excluding ortho intramolecular Hbond substituents is 1. The van der Waals surface area contributed by atoms with Crippen molar-refractivity contribution in [1.29, 1.82) is 0 Å². The van der Waals surface area contributed by atoms with Gasteiger partial charge in [-0.05, 0) is 127 Å². The minimum absolute atomic E-state index is 0.164. The molecule has 0 fully saturated rings. The first-order valence-corrected chi connectivity index (χ1v) is 24.1. The third kappa shape index (κ3) is 12.1. The number of rotatable bonds is 10. The maximum atomic E-state index is 12.7. The highest BCUT2D eigenvalue weighted by atomic mass is 16.5. The Morgan fingerprint density at radius 1 is 0.448 bits per heavy atom. The van der Waals surface area contributed by atoms with Crippen molar-refractivity contribution in [2.24, 2.45) is 0 Å². The molecule has 67 heavy (non-hydrogen) atoms. The van der Waals surface area contributed by atoms with Gasteiger partial charge in [0.15, 0.2) is 0 Å². The van der Waals surface area contributed by atoms with Crippen LogP contribution in [-0.2, 0) is 60.6 Å². The molecular formula is C60H75N3O4. The van der Waals surface area contributed by atoms with E-state index in [2.05, 4.69) is 156 Å². The molecule has 0 saturated heterocycles. The minimum Gasteiger partial charge on any atom is -0.507 e. The fourth-order valence-corrected chi connectivity index (χ4v) is 8.78. The number of hydrogen-bond donors (Lipinski definition) is 1. The van der Waals surface area contributed by atoms with Crippen LogP contribution in [0.3, 0.4) is 0 Å². The first kappa shape index (κ1) is 49.3. The summed E-state index contributed by atoms with van der Waals surface area (Å²) in [6.07, 6.45) is 5.71. The molecular weight excluding hydrogens is 827 g/mol. The molecule has 7 rings (SSSR count). The fourth-order valence-electron chi connectivity index (χ4n) is 8.78. The Morgan fingerprint density at radius 2 is 0.746 bits per heavy atom. The number of pyridine rings is 2. The predicted octanol–water partition coefficient (Wildman–Crippen LogP) is 13.1. The van der Waals surface area contributed by atoms with E-state index in [1.54, 1.807) is 0 Å². The van der Waals surface area contributed by atoms with E-state index in [-0.39, 0.29) is 21.7 Å². The van der Waals surface area contributed by atoms with Crippen LogP contribution in [0.5, 0.6) is 23.0 Å². The second-order valence-electron chi connectivity index (χ2n) is 23.1. The van der Waals surface area contributed by atoms with Gasteiger partial charge in [0.25, 0.3) is 0 Å². The highest BCUT2D eigenvalue weighted by molar-refractivity contribution is 5.60. The van der Waals surface area contributed by atoms with Crippen molar-refractivity contribution in [3.63, 3.8) is 0 Å². The fraction of sp³-hybridized carbons (Fsp3) is 0.433. The van der Waals surface area contributed by atoms with E-state index >= 15 is 0 Å². The van der Waals surface area contributed by atoms with Gasteiger partial charge in [0.2, 0.25) is 0 Å². The number of benzene rings is 4. The van der Waals surface area contributed by atoms with E-state index in [9.17, 15) is 5.11 Å². The Morgan fingerprint density at radius 3 is 1.03 bits per heavy atom. The third-order valence-corrected chi connectivity index (χ3v) is 12.9. The SMILES string of the molecule is CN(C)CCOc1c2cc(C(C)(C)C)cc1Cc1cc(C(C)(C)C)cc(c1OCc1ccccn1)Cc1cc(C(C)(C)C)cc(c1OCc1ccccn1)Cc1cc(C(C)(C)C)cc(c1O)C2. The van der Waals surface area contributed by atoms with E-state index < -0.39 is 0 Å². The van der Waals surface area contributed by atoms with Crippen molar-refractivity contribution < 1.29 is 19.3 Å². The molecule has 0 saturated carbocycles. The van der Waals surface area contributed by atoms with Crippen molar-refractivity contribution >= 4 is 0 Å². The Balaban J connectivity index is 1.59. The van der Waals surface area contributed by atoms with Crippen LogP contribution >= 0.6 is 0 Å². The summed E-state index contributed by atoms with van der Waals surface area (Å²) in [5, 5.41) is 12.7. The molecule has 6 aromatic rings. The smallest absolute Gasteiger partial charge is 0.130 e. The van der Waals surface area contributed by atoms with Gasteiger partial charge in [-0.15, -0.1) is 0 Å². The lowest BCUT2D eigenvalue weighted by molar-refractivity contribution is 0.257. The van der Waals surface area contributed by atoms with Crippen molar-refractivity contribution in [3.8, 4) is 23.0 Å². The molecule has 0 amide bonds. The van der Waals surface area contributed by atoms with Crippen LogP contribution in [0.4, 0.5) is 0 Å². The van der Waals surface area contributed by atoms with E-state index in [4.69, 9.17) is 19.2 Å². The van der Waals surface area contributed by atoms with Crippen molar-refractivity contribution in [2.45, 2.75) is 144 Å². The lowest BCUT2D eigenvalue weighted by Gasteiger charge is -2.29. The lowest BCUT2D eigenvalue weighted by Crippen LogP contribution is -2.21. The lowest BCUT2D eigenvalue weighted by atomic mass is 9.79. The van der Waals surface area contributed by atoms with Crippen LogP contribution in [0.1, 0.15) is 161 Å². The number of aromatic nitrogens is 2. The average Bonchev–Trinajstić information content (AvgIpc) is 3.23. The number of ether oxygens (including phenoxy) is 3. The first-order chi connectivity index (χ1) is 31.4. The first-order valence-electron chi connectivity index (χ1n) is 24.1. The van der Waals surface area contributed by atoms with E-state index in [0.717, 1.165) is 79.7 Å². The van der Waals surface area contributed by atoms with Gasteiger partial charge in [-0.1, -0.05) is 144 Å². The van der Waals surface area contributed by atoms with Crippen LogP contribution in [0.25, 0.3) is 0 Å².